The second kappa shape index (κ2) is 7.53. The molecule has 5 nitrogen and oxygen atoms in total. The van der Waals surface area contributed by atoms with Gasteiger partial charge in [-0.05, 0) is 18.9 Å². The largest absolute Gasteiger partial charge is 0.480 e. The van der Waals surface area contributed by atoms with Crippen LogP contribution in [0.5, 0.6) is 0 Å². The number of carbonyl (C=O) groups excluding carboxylic acids is 1. The van der Waals surface area contributed by atoms with E-state index in [1.54, 1.807) is 4.90 Å². The van der Waals surface area contributed by atoms with Crippen molar-refractivity contribution in [3.05, 3.63) is 35.9 Å². The monoisotopic (exact) mass is 264 g/mol. The van der Waals surface area contributed by atoms with Gasteiger partial charge in [-0.15, -0.1) is 0 Å². The molecular formula is C14H20N2O3. The highest BCUT2D eigenvalue weighted by Crippen LogP contribution is 2.07. The minimum absolute atomic E-state index is 0.0666. The maximum atomic E-state index is 12.0. The topological polar surface area (TPSA) is 83.6 Å². The predicted molar refractivity (Wildman–Crippen MR) is 72.4 cm³/mol. The first-order valence-corrected chi connectivity index (χ1v) is 6.34. The van der Waals surface area contributed by atoms with Crippen molar-refractivity contribution in [3.8, 4) is 0 Å². The molecule has 0 heterocycles. The lowest BCUT2D eigenvalue weighted by atomic mass is 10.1. The summed E-state index contributed by atoms with van der Waals surface area (Å²) in [6.07, 6.45) is 0.327. The summed E-state index contributed by atoms with van der Waals surface area (Å²) in [5, 5.41) is 8.68. The second-order valence-corrected chi connectivity index (χ2v) is 4.38. The van der Waals surface area contributed by atoms with Gasteiger partial charge in [0.25, 0.3) is 0 Å². The number of aliphatic carboxylic acids is 1. The van der Waals surface area contributed by atoms with Gasteiger partial charge in [-0.2, -0.15) is 0 Å². The lowest BCUT2D eigenvalue weighted by Gasteiger charge is -2.21. The van der Waals surface area contributed by atoms with Gasteiger partial charge >= 0.3 is 5.97 Å². The molecule has 1 aromatic carbocycles. The van der Waals surface area contributed by atoms with Gasteiger partial charge in [0, 0.05) is 19.5 Å². The van der Waals surface area contributed by atoms with E-state index in [0.717, 1.165) is 5.56 Å². The Morgan fingerprint density at radius 1 is 1.32 bits per heavy atom. The minimum Gasteiger partial charge on any atom is -0.480 e. The first kappa shape index (κ1) is 15.2. The van der Waals surface area contributed by atoms with Gasteiger partial charge < -0.3 is 15.7 Å². The molecule has 0 radical (unpaired) electrons. The van der Waals surface area contributed by atoms with E-state index in [-0.39, 0.29) is 18.7 Å². The van der Waals surface area contributed by atoms with Crippen molar-refractivity contribution in [1.29, 1.82) is 0 Å². The fourth-order valence-electron chi connectivity index (χ4n) is 1.74. The third-order valence-corrected chi connectivity index (χ3v) is 2.94. The van der Waals surface area contributed by atoms with Crippen LogP contribution in [0.1, 0.15) is 25.3 Å². The van der Waals surface area contributed by atoms with Crippen LogP contribution in [0.2, 0.25) is 0 Å². The summed E-state index contributed by atoms with van der Waals surface area (Å²) in [4.78, 5) is 24.3. The smallest absolute Gasteiger partial charge is 0.320 e. The van der Waals surface area contributed by atoms with E-state index in [9.17, 15) is 9.59 Å². The Labute approximate surface area is 113 Å². The van der Waals surface area contributed by atoms with E-state index in [1.165, 1.54) is 0 Å². The van der Waals surface area contributed by atoms with Gasteiger partial charge in [-0.3, -0.25) is 9.59 Å². The van der Waals surface area contributed by atoms with Gasteiger partial charge in [0.1, 0.15) is 6.04 Å². The fraction of sp³-hybridized carbons (Fsp3) is 0.429. The van der Waals surface area contributed by atoms with Crippen molar-refractivity contribution < 1.29 is 14.7 Å². The Balaban J connectivity index is 2.50. The molecule has 1 atom stereocenters. The zero-order chi connectivity index (χ0) is 14.3. The summed E-state index contributed by atoms with van der Waals surface area (Å²) in [6.45, 7) is 3.03. The van der Waals surface area contributed by atoms with Crippen molar-refractivity contribution in [2.24, 2.45) is 5.73 Å². The average Bonchev–Trinajstić information content (AvgIpc) is 2.42. The van der Waals surface area contributed by atoms with Crippen molar-refractivity contribution in [2.75, 3.05) is 6.54 Å². The van der Waals surface area contributed by atoms with Crippen molar-refractivity contribution in [3.63, 3.8) is 0 Å². The van der Waals surface area contributed by atoms with Gasteiger partial charge in [-0.1, -0.05) is 30.3 Å². The average molecular weight is 264 g/mol. The number of carbonyl (C=O) groups is 2. The lowest BCUT2D eigenvalue weighted by molar-refractivity contribution is -0.139. The fourth-order valence-corrected chi connectivity index (χ4v) is 1.74. The molecule has 0 fully saturated rings. The molecule has 1 rings (SSSR count). The van der Waals surface area contributed by atoms with E-state index in [2.05, 4.69) is 0 Å². The molecule has 1 aromatic rings. The number of hydrogen-bond acceptors (Lipinski definition) is 3. The van der Waals surface area contributed by atoms with Gasteiger partial charge in [0.05, 0.1) is 0 Å². The molecule has 0 spiro atoms. The SMILES string of the molecule is CCN(Cc1ccccc1)C(=O)CC[C@H](N)C(=O)O. The van der Waals surface area contributed by atoms with Crippen LogP contribution in [-0.4, -0.2) is 34.5 Å². The number of rotatable bonds is 7. The maximum absolute atomic E-state index is 12.0. The van der Waals surface area contributed by atoms with Crippen molar-refractivity contribution in [1.82, 2.24) is 4.90 Å². The summed E-state index contributed by atoms with van der Waals surface area (Å²) in [5.41, 5.74) is 6.44. The summed E-state index contributed by atoms with van der Waals surface area (Å²) >= 11 is 0. The molecule has 0 bridgehead atoms. The van der Waals surface area contributed by atoms with Crippen LogP contribution in [0.4, 0.5) is 0 Å². The number of hydrogen-bond donors (Lipinski definition) is 2. The Bertz CT molecular complexity index is 420. The summed E-state index contributed by atoms with van der Waals surface area (Å²) in [6, 6.07) is 8.72. The van der Waals surface area contributed by atoms with Crippen molar-refractivity contribution in [2.45, 2.75) is 32.4 Å². The molecular weight excluding hydrogens is 244 g/mol. The number of benzene rings is 1. The van der Waals surface area contributed by atoms with E-state index >= 15 is 0 Å². The van der Waals surface area contributed by atoms with Gasteiger partial charge in [0.15, 0.2) is 0 Å². The number of nitrogens with zero attached hydrogens (tertiary/aromatic N) is 1. The van der Waals surface area contributed by atoms with E-state index in [0.29, 0.717) is 13.1 Å². The zero-order valence-electron chi connectivity index (χ0n) is 11.1. The lowest BCUT2D eigenvalue weighted by Crippen LogP contribution is -2.34. The molecule has 3 N–H and O–H groups in total. The summed E-state index contributed by atoms with van der Waals surface area (Å²) in [7, 11) is 0. The highest BCUT2D eigenvalue weighted by atomic mass is 16.4. The van der Waals surface area contributed by atoms with E-state index in [4.69, 9.17) is 10.8 Å². The van der Waals surface area contributed by atoms with Crippen LogP contribution in [0.15, 0.2) is 30.3 Å². The number of nitrogens with two attached hydrogens (primary N) is 1. The molecule has 0 saturated heterocycles. The first-order valence-electron chi connectivity index (χ1n) is 6.34. The molecule has 0 aliphatic rings. The standard InChI is InChI=1S/C14H20N2O3/c1-2-16(10-11-6-4-3-5-7-11)13(17)9-8-12(15)14(18)19/h3-7,12H,2,8-10,15H2,1H3,(H,18,19)/t12-/m0/s1. The number of carboxylic acids is 1. The van der Waals surface area contributed by atoms with Crippen LogP contribution < -0.4 is 5.73 Å². The molecule has 0 aromatic heterocycles. The molecule has 19 heavy (non-hydrogen) atoms. The van der Waals surface area contributed by atoms with Crippen LogP contribution in [0.3, 0.4) is 0 Å². The molecule has 0 aliphatic heterocycles. The highest BCUT2D eigenvalue weighted by Gasteiger charge is 2.17. The van der Waals surface area contributed by atoms with E-state index in [1.807, 2.05) is 37.3 Å². The Hall–Kier alpha value is -1.88. The molecule has 0 aliphatic carbocycles. The van der Waals surface area contributed by atoms with Crippen LogP contribution in [0, 0.1) is 0 Å². The Morgan fingerprint density at radius 2 is 1.95 bits per heavy atom. The highest BCUT2D eigenvalue weighted by molar-refractivity contribution is 5.78. The molecule has 1 amide bonds. The van der Waals surface area contributed by atoms with Gasteiger partial charge in [0.2, 0.25) is 5.91 Å². The number of carboxylic acid groups (broad SMARTS) is 1. The van der Waals surface area contributed by atoms with Crippen molar-refractivity contribution >= 4 is 11.9 Å². The molecule has 0 saturated carbocycles. The van der Waals surface area contributed by atoms with Crippen LogP contribution >= 0.6 is 0 Å². The Kier molecular flexibility index (Phi) is 6.02. The molecule has 0 unspecified atom stereocenters. The first-order chi connectivity index (χ1) is 9.04. The second-order valence-electron chi connectivity index (χ2n) is 4.38. The Morgan fingerprint density at radius 3 is 2.47 bits per heavy atom. The summed E-state index contributed by atoms with van der Waals surface area (Å²) < 4.78 is 0. The van der Waals surface area contributed by atoms with E-state index < -0.39 is 12.0 Å². The maximum Gasteiger partial charge on any atom is 0.320 e. The quantitative estimate of drug-likeness (QED) is 0.775. The predicted octanol–water partition coefficient (Wildman–Crippen LogP) is 1.23. The van der Waals surface area contributed by atoms with Gasteiger partial charge in [-0.25, -0.2) is 0 Å². The third kappa shape index (κ3) is 5.09. The molecule has 104 valence electrons. The molecule has 5 heteroatoms. The third-order valence-electron chi connectivity index (χ3n) is 2.94. The number of amides is 1. The van der Waals surface area contributed by atoms with Crippen LogP contribution in [0.25, 0.3) is 0 Å². The summed E-state index contributed by atoms with van der Waals surface area (Å²) in [5.74, 6) is -1.14. The van der Waals surface area contributed by atoms with Crippen LogP contribution in [-0.2, 0) is 16.1 Å². The minimum atomic E-state index is -1.07. The zero-order valence-corrected chi connectivity index (χ0v) is 11.1. The normalized spacial score (nSPS) is 11.9.